The van der Waals surface area contributed by atoms with Crippen LogP contribution in [-0.2, 0) is 6.54 Å². The number of likely N-dealkylation sites (tertiary alicyclic amines) is 1. The van der Waals surface area contributed by atoms with Crippen LogP contribution in [0.1, 0.15) is 24.6 Å². The summed E-state index contributed by atoms with van der Waals surface area (Å²) < 4.78 is 0. The molecule has 1 unspecified atom stereocenters. The predicted octanol–water partition coefficient (Wildman–Crippen LogP) is 2.10. The van der Waals surface area contributed by atoms with Crippen molar-refractivity contribution >= 4 is 16.5 Å². The van der Waals surface area contributed by atoms with E-state index in [1.165, 1.54) is 30.8 Å². The van der Waals surface area contributed by atoms with Crippen LogP contribution in [0.3, 0.4) is 0 Å². The molecule has 0 saturated carbocycles. The zero-order valence-electron chi connectivity index (χ0n) is 11.6. The summed E-state index contributed by atoms with van der Waals surface area (Å²) in [4.78, 5) is 10.6. The van der Waals surface area contributed by atoms with E-state index in [1.807, 2.05) is 6.20 Å². The highest BCUT2D eigenvalue weighted by molar-refractivity contribution is 7.15. The van der Waals surface area contributed by atoms with Crippen LogP contribution in [0.5, 0.6) is 0 Å². The average Bonchev–Trinajstić information content (AvgIpc) is 2.77. The summed E-state index contributed by atoms with van der Waals surface area (Å²) in [6, 6.07) is 0.688. The molecule has 0 aliphatic carbocycles. The predicted molar refractivity (Wildman–Crippen MR) is 78.3 cm³/mol. The normalized spacial score (nSPS) is 21.4. The van der Waals surface area contributed by atoms with Crippen molar-refractivity contribution in [1.29, 1.82) is 0 Å². The zero-order chi connectivity index (χ0) is 13.0. The molecule has 0 bridgehead atoms. The Morgan fingerprint density at radius 3 is 3.17 bits per heavy atom. The number of nitrogens with zero attached hydrogens (tertiary/aromatic N) is 3. The maximum atomic E-state index is 4.39. The molecule has 2 heterocycles. The van der Waals surface area contributed by atoms with Gasteiger partial charge in [0, 0.05) is 36.8 Å². The molecule has 1 aliphatic rings. The van der Waals surface area contributed by atoms with Gasteiger partial charge in [0.15, 0.2) is 5.13 Å². The number of piperidine rings is 1. The number of aromatic nitrogens is 1. The maximum Gasteiger partial charge on any atom is 0.182 e. The molecule has 0 radical (unpaired) electrons. The van der Waals surface area contributed by atoms with Crippen LogP contribution in [0.4, 0.5) is 5.13 Å². The van der Waals surface area contributed by atoms with E-state index in [-0.39, 0.29) is 0 Å². The molecular weight excluding hydrogens is 244 g/mol. The number of hydrogen-bond acceptors (Lipinski definition) is 5. The highest BCUT2D eigenvalue weighted by Crippen LogP contribution is 2.21. The second-order valence-corrected chi connectivity index (χ2v) is 6.25. The summed E-state index contributed by atoms with van der Waals surface area (Å²) in [6.07, 6.45) is 4.64. The van der Waals surface area contributed by atoms with Gasteiger partial charge in [-0.25, -0.2) is 4.98 Å². The number of anilines is 1. The Bertz CT molecular complexity index is 366. The van der Waals surface area contributed by atoms with Crippen LogP contribution in [0.15, 0.2) is 6.20 Å². The van der Waals surface area contributed by atoms with Gasteiger partial charge in [-0.2, -0.15) is 0 Å². The van der Waals surface area contributed by atoms with Gasteiger partial charge in [-0.05, 0) is 40.4 Å². The molecule has 4 nitrogen and oxygen atoms in total. The molecule has 1 saturated heterocycles. The van der Waals surface area contributed by atoms with Crippen LogP contribution >= 0.6 is 11.3 Å². The molecule has 1 aromatic rings. The summed E-state index contributed by atoms with van der Waals surface area (Å²) in [6.45, 7) is 6.49. The van der Waals surface area contributed by atoms with E-state index in [1.54, 1.807) is 11.3 Å². The summed E-state index contributed by atoms with van der Waals surface area (Å²) in [7, 11) is 4.45. The Morgan fingerprint density at radius 2 is 2.44 bits per heavy atom. The standard InChI is InChI=1S/C13H24N4S/c1-4-14-13-15-8-12(18-13)10-17(3)11-6-5-7-16(2)9-11/h8,11H,4-7,9-10H2,1-3H3,(H,14,15). The lowest BCUT2D eigenvalue weighted by Crippen LogP contribution is -2.44. The smallest absolute Gasteiger partial charge is 0.182 e. The zero-order valence-corrected chi connectivity index (χ0v) is 12.5. The fraction of sp³-hybridized carbons (Fsp3) is 0.769. The average molecular weight is 268 g/mol. The fourth-order valence-corrected chi connectivity index (χ4v) is 3.43. The van der Waals surface area contributed by atoms with Crippen LogP contribution in [0.2, 0.25) is 0 Å². The van der Waals surface area contributed by atoms with Crippen LogP contribution in [0.25, 0.3) is 0 Å². The van der Waals surface area contributed by atoms with Crippen molar-refractivity contribution in [3.8, 4) is 0 Å². The topological polar surface area (TPSA) is 31.4 Å². The van der Waals surface area contributed by atoms with E-state index in [0.29, 0.717) is 6.04 Å². The lowest BCUT2D eigenvalue weighted by atomic mass is 10.1. The first-order valence-corrected chi connectivity index (χ1v) is 7.58. The van der Waals surface area contributed by atoms with Gasteiger partial charge >= 0.3 is 0 Å². The first kappa shape index (κ1) is 13.8. The summed E-state index contributed by atoms with van der Waals surface area (Å²) >= 11 is 1.77. The Morgan fingerprint density at radius 1 is 1.61 bits per heavy atom. The van der Waals surface area contributed by atoms with E-state index in [4.69, 9.17) is 0 Å². The summed E-state index contributed by atoms with van der Waals surface area (Å²) in [5, 5.41) is 4.31. The SMILES string of the molecule is CCNc1ncc(CN(C)C2CCCN(C)C2)s1. The molecule has 1 fully saturated rings. The third kappa shape index (κ3) is 3.67. The minimum absolute atomic E-state index is 0.688. The molecule has 2 rings (SSSR count). The van der Waals surface area contributed by atoms with Crippen LogP contribution in [0, 0.1) is 0 Å². The lowest BCUT2D eigenvalue weighted by Gasteiger charge is -2.35. The highest BCUT2D eigenvalue weighted by atomic mass is 32.1. The van der Waals surface area contributed by atoms with Crippen LogP contribution in [-0.4, -0.2) is 54.6 Å². The number of nitrogens with one attached hydrogen (secondary N) is 1. The summed E-state index contributed by atoms with van der Waals surface area (Å²) in [5.41, 5.74) is 0. The first-order valence-electron chi connectivity index (χ1n) is 6.76. The fourth-order valence-electron chi connectivity index (χ4n) is 2.49. The van der Waals surface area contributed by atoms with Gasteiger partial charge in [-0.15, -0.1) is 11.3 Å². The van der Waals surface area contributed by atoms with E-state index in [2.05, 4.69) is 41.1 Å². The Hall–Kier alpha value is -0.650. The van der Waals surface area contributed by atoms with Gasteiger partial charge < -0.3 is 10.2 Å². The molecule has 1 aliphatic heterocycles. The van der Waals surface area contributed by atoms with Gasteiger partial charge in [0.2, 0.25) is 0 Å². The molecule has 0 amide bonds. The Labute approximate surface area is 114 Å². The molecule has 0 aromatic carbocycles. The second-order valence-electron chi connectivity index (χ2n) is 5.14. The number of rotatable bonds is 5. The van der Waals surface area contributed by atoms with Gasteiger partial charge in [0.1, 0.15) is 0 Å². The molecule has 102 valence electrons. The third-order valence-corrected chi connectivity index (χ3v) is 4.45. The maximum absolute atomic E-state index is 4.39. The van der Waals surface area contributed by atoms with Crippen molar-refractivity contribution in [2.45, 2.75) is 32.4 Å². The molecule has 5 heteroatoms. The second kappa shape index (κ2) is 6.50. The summed E-state index contributed by atoms with van der Waals surface area (Å²) in [5.74, 6) is 0. The highest BCUT2D eigenvalue weighted by Gasteiger charge is 2.21. The molecular formula is C13H24N4S. The first-order chi connectivity index (χ1) is 8.69. The van der Waals surface area contributed by atoms with Crippen molar-refractivity contribution in [3.63, 3.8) is 0 Å². The minimum Gasteiger partial charge on any atom is -0.362 e. The molecule has 0 spiro atoms. The van der Waals surface area contributed by atoms with E-state index < -0.39 is 0 Å². The third-order valence-electron chi connectivity index (χ3n) is 3.51. The van der Waals surface area contributed by atoms with Crippen molar-refractivity contribution in [1.82, 2.24) is 14.8 Å². The Kier molecular flexibility index (Phi) is 4.97. The largest absolute Gasteiger partial charge is 0.362 e. The van der Waals surface area contributed by atoms with Gasteiger partial charge in [0.05, 0.1) is 0 Å². The van der Waals surface area contributed by atoms with E-state index in [9.17, 15) is 0 Å². The van der Waals surface area contributed by atoms with Crippen molar-refractivity contribution in [2.75, 3.05) is 39.0 Å². The number of hydrogen-bond donors (Lipinski definition) is 1. The monoisotopic (exact) mass is 268 g/mol. The molecule has 1 N–H and O–H groups in total. The minimum atomic E-state index is 0.688. The van der Waals surface area contributed by atoms with E-state index >= 15 is 0 Å². The van der Waals surface area contributed by atoms with Gasteiger partial charge in [-0.1, -0.05) is 0 Å². The van der Waals surface area contributed by atoms with Crippen LogP contribution < -0.4 is 5.32 Å². The molecule has 1 atom stereocenters. The van der Waals surface area contributed by atoms with Gasteiger partial charge in [-0.3, -0.25) is 4.90 Å². The Balaban J connectivity index is 1.87. The van der Waals surface area contributed by atoms with Crippen molar-refractivity contribution < 1.29 is 0 Å². The van der Waals surface area contributed by atoms with Crippen molar-refractivity contribution in [2.24, 2.45) is 0 Å². The van der Waals surface area contributed by atoms with E-state index in [0.717, 1.165) is 18.2 Å². The van der Waals surface area contributed by atoms with Crippen molar-refractivity contribution in [3.05, 3.63) is 11.1 Å². The molecule has 18 heavy (non-hydrogen) atoms. The van der Waals surface area contributed by atoms with Gasteiger partial charge in [0.25, 0.3) is 0 Å². The molecule has 1 aromatic heterocycles. The lowest BCUT2D eigenvalue weighted by molar-refractivity contribution is 0.130. The number of likely N-dealkylation sites (N-methyl/N-ethyl adjacent to an activating group) is 2. The quantitative estimate of drug-likeness (QED) is 0.886. The number of thiazole rings is 1.